The normalized spacial score (nSPS) is 15.3. The second-order valence-corrected chi connectivity index (χ2v) is 5.14. The molecule has 92 valence electrons. The molecule has 1 amide bonds. The molecule has 1 aromatic rings. The van der Waals surface area contributed by atoms with Crippen LogP contribution in [0.2, 0.25) is 0 Å². The molecule has 0 saturated carbocycles. The summed E-state index contributed by atoms with van der Waals surface area (Å²) in [7, 11) is 1.63. The zero-order valence-electron chi connectivity index (χ0n) is 10.7. The number of benzene rings is 1. The first-order valence-corrected chi connectivity index (χ1v) is 5.68. The molecule has 1 N–H and O–H groups in total. The molecule has 0 aromatic heterocycles. The van der Waals surface area contributed by atoms with Crippen LogP contribution in [0.25, 0.3) is 0 Å². The van der Waals surface area contributed by atoms with Crippen molar-refractivity contribution in [2.45, 2.75) is 26.3 Å². The first kappa shape index (κ1) is 11.8. The van der Waals surface area contributed by atoms with E-state index in [1.807, 2.05) is 43.9 Å². The Labute approximate surface area is 102 Å². The summed E-state index contributed by atoms with van der Waals surface area (Å²) < 4.78 is 5.21. The number of methoxy groups -OCH3 is 1. The lowest BCUT2D eigenvalue weighted by molar-refractivity contribution is -0.118. The van der Waals surface area contributed by atoms with Gasteiger partial charge in [-0.25, -0.2) is 0 Å². The van der Waals surface area contributed by atoms with E-state index in [-0.39, 0.29) is 11.4 Å². The van der Waals surface area contributed by atoms with Gasteiger partial charge in [-0.15, -0.1) is 0 Å². The Hall–Kier alpha value is -1.71. The first-order valence-electron chi connectivity index (χ1n) is 5.68. The summed E-state index contributed by atoms with van der Waals surface area (Å²) in [6.07, 6.45) is 0. The van der Waals surface area contributed by atoms with E-state index in [4.69, 9.17) is 4.74 Å². The molecular weight excluding hydrogens is 216 g/mol. The number of ether oxygens (including phenoxy) is 1. The Morgan fingerprint density at radius 3 is 2.65 bits per heavy atom. The lowest BCUT2D eigenvalue weighted by Gasteiger charge is -2.40. The van der Waals surface area contributed by atoms with Crippen LogP contribution in [0.5, 0.6) is 5.75 Å². The first-order chi connectivity index (χ1) is 7.93. The molecule has 0 unspecified atom stereocenters. The third kappa shape index (κ3) is 2.07. The van der Waals surface area contributed by atoms with Gasteiger partial charge in [-0.1, -0.05) is 0 Å². The molecule has 0 aliphatic carbocycles. The Bertz CT molecular complexity index is 449. The molecule has 0 atom stereocenters. The standard InChI is InChI=1S/C13H18N2O2/c1-13(2,3)15-11-7-9(17-4)5-6-10(11)14-8-12(15)16/h5-7,14H,8H2,1-4H3. The summed E-state index contributed by atoms with van der Waals surface area (Å²) in [5, 5.41) is 3.12. The SMILES string of the molecule is COc1ccc2c(c1)N(C(C)(C)C)C(=O)CN2. The van der Waals surface area contributed by atoms with Gasteiger partial charge in [0.25, 0.3) is 0 Å². The largest absolute Gasteiger partial charge is 0.497 e. The van der Waals surface area contributed by atoms with E-state index in [2.05, 4.69) is 5.32 Å². The van der Waals surface area contributed by atoms with E-state index in [9.17, 15) is 4.79 Å². The molecule has 2 rings (SSSR count). The highest BCUT2D eigenvalue weighted by atomic mass is 16.5. The highest BCUT2D eigenvalue weighted by molar-refractivity contribution is 6.03. The number of rotatable bonds is 1. The van der Waals surface area contributed by atoms with E-state index < -0.39 is 0 Å². The fourth-order valence-corrected chi connectivity index (χ4v) is 2.09. The highest BCUT2D eigenvalue weighted by Gasteiger charge is 2.32. The number of hydrogen-bond acceptors (Lipinski definition) is 3. The van der Waals surface area contributed by atoms with Gasteiger partial charge in [0, 0.05) is 11.6 Å². The molecule has 1 heterocycles. The molecule has 4 nitrogen and oxygen atoms in total. The van der Waals surface area contributed by atoms with Crippen LogP contribution >= 0.6 is 0 Å². The zero-order chi connectivity index (χ0) is 12.6. The van der Waals surface area contributed by atoms with Crippen molar-refractivity contribution in [2.75, 3.05) is 23.9 Å². The fraction of sp³-hybridized carbons (Fsp3) is 0.462. The predicted molar refractivity (Wildman–Crippen MR) is 68.7 cm³/mol. The lowest BCUT2D eigenvalue weighted by Crippen LogP contribution is -2.50. The molecular formula is C13H18N2O2. The second kappa shape index (κ2) is 3.95. The van der Waals surface area contributed by atoms with Crippen LogP contribution in [0.1, 0.15) is 20.8 Å². The molecule has 1 aliphatic rings. The maximum absolute atomic E-state index is 12.0. The molecule has 0 saturated heterocycles. The number of anilines is 2. The third-order valence-corrected chi connectivity index (χ3v) is 2.80. The fourth-order valence-electron chi connectivity index (χ4n) is 2.09. The molecule has 4 heteroatoms. The number of nitrogens with one attached hydrogen (secondary N) is 1. The van der Waals surface area contributed by atoms with E-state index in [1.54, 1.807) is 7.11 Å². The van der Waals surface area contributed by atoms with Gasteiger partial charge >= 0.3 is 0 Å². The van der Waals surface area contributed by atoms with Crippen LogP contribution in [0, 0.1) is 0 Å². The molecule has 0 bridgehead atoms. The van der Waals surface area contributed by atoms with Crippen molar-refractivity contribution in [1.82, 2.24) is 0 Å². The van der Waals surface area contributed by atoms with E-state index >= 15 is 0 Å². The monoisotopic (exact) mass is 234 g/mol. The van der Waals surface area contributed by atoms with Crippen molar-refractivity contribution in [3.8, 4) is 5.75 Å². The minimum atomic E-state index is -0.236. The van der Waals surface area contributed by atoms with Crippen LogP contribution in [0.3, 0.4) is 0 Å². The summed E-state index contributed by atoms with van der Waals surface area (Å²) >= 11 is 0. The zero-order valence-corrected chi connectivity index (χ0v) is 10.7. The van der Waals surface area contributed by atoms with Crippen molar-refractivity contribution in [1.29, 1.82) is 0 Å². The number of hydrogen-bond donors (Lipinski definition) is 1. The number of carbonyl (C=O) groups excluding carboxylic acids is 1. The smallest absolute Gasteiger partial charge is 0.246 e. The summed E-state index contributed by atoms with van der Waals surface area (Å²) in [5.41, 5.74) is 1.62. The van der Waals surface area contributed by atoms with Crippen molar-refractivity contribution >= 4 is 17.3 Å². The number of amides is 1. The van der Waals surface area contributed by atoms with Gasteiger partial charge in [0.1, 0.15) is 5.75 Å². The highest BCUT2D eigenvalue weighted by Crippen LogP contribution is 2.36. The Kier molecular flexibility index (Phi) is 2.73. The maximum atomic E-state index is 12.0. The number of carbonyl (C=O) groups is 1. The van der Waals surface area contributed by atoms with Gasteiger partial charge < -0.3 is 15.0 Å². The minimum Gasteiger partial charge on any atom is -0.497 e. The predicted octanol–water partition coefficient (Wildman–Crippen LogP) is 2.25. The minimum absolute atomic E-state index is 0.0817. The Morgan fingerprint density at radius 2 is 2.06 bits per heavy atom. The van der Waals surface area contributed by atoms with Crippen molar-refractivity contribution in [2.24, 2.45) is 0 Å². The van der Waals surface area contributed by atoms with Crippen molar-refractivity contribution in [3.05, 3.63) is 18.2 Å². The van der Waals surface area contributed by atoms with Gasteiger partial charge in [-0.3, -0.25) is 4.79 Å². The summed E-state index contributed by atoms with van der Waals surface area (Å²) in [4.78, 5) is 13.8. The average molecular weight is 234 g/mol. The molecule has 0 radical (unpaired) electrons. The number of nitrogens with zero attached hydrogens (tertiary/aromatic N) is 1. The van der Waals surface area contributed by atoms with Gasteiger partial charge in [0.15, 0.2) is 0 Å². The average Bonchev–Trinajstić information content (AvgIpc) is 2.26. The quantitative estimate of drug-likeness (QED) is 0.810. The van der Waals surface area contributed by atoms with E-state index in [0.717, 1.165) is 17.1 Å². The van der Waals surface area contributed by atoms with Crippen LogP contribution in [-0.4, -0.2) is 25.1 Å². The van der Waals surface area contributed by atoms with Gasteiger partial charge in [-0.05, 0) is 32.9 Å². The Morgan fingerprint density at radius 1 is 1.35 bits per heavy atom. The third-order valence-electron chi connectivity index (χ3n) is 2.80. The van der Waals surface area contributed by atoms with E-state index in [0.29, 0.717) is 6.54 Å². The molecule has 0 fully saturated rings. The van der Waals surface area contributed by atoms with Gasteiger partial charge in [0.05, 0.1) is 25.0 Å². The van der Waals surface area contributed by atoms with Crippen LogP contribution in [0.15, 0.2) is 18.2 Å². The van der Waals surface area contributed by atoms with Crippen LogP contribution in [0.4, 0.5) is 11.4 Å². The lowest BCUT2D eigenvalue weighted by atomic mass is 10.0. The summed E-state index contributed by atoms with van der Waals surface area (Å²) in [5.74, 6) is 0.841. The summed E-state index contributed by atoms with van der Waals surface area (Å²) in [6.45, 7) is 6.43. The van der Waals surface area contributed by atoms with E-state index in [1.165, 1.54) is 0 Å². The van der Waals surface area contributed by atoms with Crippen molar-refractivity contribution in [3.63, 3.8) is 0 Å². The van der Waals surface area contributed by atoms with Gasteiger partial charge in [0.2, 0.25) is 5.91 Å². The van der Waals surface area contributed by atoms with Crippen LogP contribution < -0.4 is 15.0 Å². The maximum Gasteiger partial charge on any atom is 0.246 e. The topological polar surface area (TPSA) is 41.6 Å². The van der Waals surface area contributed by atoms with Crippen molar-refractivity contribution < 1.29 is 9.53 Å². The molecule has 0 spiro atoms. The molecule has 1 aromatic carbocycles. The Balaban J connectivity index is 2.53. The second-order valence-electron chi connectivity index (χ2n) is 5.14. The summed E-state index contributed by atoms with van der Waals surface area (Å²) in [6, 6.07) is 5.73. The van der Waals surface area contributed by atoms with Gasteiger partial charge in [-0.2, -0.15) is 0 Å². The number of fused-ring (bicyclic) bond motifs is 1. The molecule has 1 aliphatic heterocycles. The molecule has 17 heavy (non-hydrogen) atoms. The van der Waals surface area contributed by atoms with Crippen LogP contribution in [-0.2, 0) is 4.79 Å².